The Labute approximate surface area is 301 Å². The highest BCUT2D eigenvalue weighted by molar-refractivity contribution is 5.76. The van der Waals surface area contributed by atoms with E-state index in [4.69, 9.17) is 4.99 Å². The average Bonchev–Trinajstić information content (AvgIpc) is 3.45. The first-order chi connectivity index (χ1) is 24.5. The molecule has 3 aromatic rings. The molecule has 0 aromatic heterocycles. The van der Waals surface area contributed by atoms with Crippen molar-refractivity contribution in [3.63, 3.8) is 0 Å². The van der Waals surface area contributed by atoms with E-state index in [0.717, 1.165) is 32.2 Å². The summed E-state index contributed by atoms with van der Waals surface area (Å²) in [4.78, 5) is 7.04. The van der Waals surface area contributed by atoms with Crippen molar-refractivity contribution in [2.75, 3.05) is 7.05 Å². The van der Waals surface area contributed by atoms with Crippen molar-refractivity contribution in [1.29, 1.82) is 0 Å². The number of unbranched alkanes of at least 4 members (excludes halogenated alkanes) is 1. The largest absolute Gasteiger partial charge is 0.294 e. The van der Waals surface area contributed by atoms with Crippen LogP contribution in [0.2, 0.25) is 0 Å². The van der Waals surface area contributed by atoms with Crippen molar-refractivity contribution in [3.8, 4) is 0 Å². The number of allylic oxidation sites excluding steroid dienone is 12. The van der Waals surface area contributed by atoms with Gasteiger partial charge in [0.2, 0.25) is 0 Å². The Balaban J connectivity index is 1.36. The van der Waals surface area contributed by atoms with Gasteiger partial charge >= 0.3 is 0 Å². The van der Waals surface area contributed by atoms with E-state index >= 15 is 0 Å². The van der Waals surface area contributed by atoms with Gasteiger partial charge in [-0.25, -0.2) is 0 Å². The van der Waals surface area contributed by atoms with Crippen LogP contribution in [0.15, 0.2) is 161 Å². The zero-order chi connectivity index (χ0) is 35.1. The molecule has 5 rings (SSSR count). The molecule has 0 bridgehead atoms. The SMILES string of the molecule is C=NC(C1=CC(c2ccc(C(/C=C(\C)C3=CCC=CC=C3)=C/CC)cc2)CC=C1)N(C)C(NCc1ccccc1)c1ccc(CCCC)cc1. The quantitative estimate of drug-likeness (QED) is 0.0940. The number of benzene rings is 3. The minimum Gasteiger partial charge on any atom is -0.294 e. The lowest BCUT2D eigenvalue weighted by molar-refractivity contribution is 0.168. The Morgan fingerprint density at radius 3 is 2.44 bits per heavy atom. The molecule has 50 heavy (non-hydrogen) atoms. The van der Waals surface area contributed by atoms with Crippen LogP contribution in [0.3, 0.4) is 0 Å². The molecule has 0 aliphatic heterocycles. The zero-order valence-corrected chi connectivity index (χ0v) is 30.6. The third kappa shape index (κ3) is 10.00. The van der Waals surface area contributed by atoms with Crippen LogP contribution in [0.1, 0.15) is 92.8 Å². The van der Waals surface area contributed by atoms with Crippen molar-refractivity contribution < 1.29 is 0 Å². The molecule has 0 radical (unpaired) electrons. The fourth-order valence-electron chi connectivity index (χ4n) is 6.87. The van der Waals surface area contributed by atoms with Crippen LogP contribution < -0.4 is 5.32 Å². The van der Waals surface area contributed by atoms with Gasteiger partial charge in [-0.15, -0.1) is 0 Å². The number of rotatable bonds is 16. The predicted molar refractivity (Wildman–Crippen MR) is 216 cm³/mol. The summed E-state index contributed by atoms with van der Waals surface area (Å²) in [7, 11) is 2.16. The third-order valence-corrected chi connectivity index (χ3v) is 9.74. The highest BCUT2D eigenvalue weighted by Gasteiger charge is 2.27. The summed E-state index contributed by atoms with van der Waals surface area (Å²) >= 11 is 0. The van der Waals surface area contributed by atoms with E-state index in [0.29, 0.717) is 0 Å². The minimum atomic E-state index is -0.198. The molecule has 2 aliphatic carbocycles. The predicted octanol–water partition coefficient (Wildman–Crippen LogP) is 11.6. The molecule has 0 saturated carbocycles. The molecule has 2 aliphatic rings. The number of likely N-dealkylation sites (N-methyl/N-ethyl adjacent to an activating group) is 1. The topological polar surface area (TPSA) is 27.6 Å². The highest BCUT2D eigenvalue weighted by Crippen LogP contribution is 2.33. The maximum Gasteiger partial charge on any atom is 0.128 e. The number of aliphatic imine (C=N–C) groups is 1. The minimum absolute atomic E-state index is 0.0410. The van der Waals surface area contributed by atoms with E-state index in [1.54, 1.807) is 0 Å². The molecule has 3 aromatic carbocycles. The molecular formula is C47H55N3. The first-order valence-electron chi connectivity index (χ1n) is 18.4. The summed E-state index contributed by atoms with van der Waals surface area (Å²) in [6.07, 6.45) is 28.8. The normalized spacial score (nSPS) is 17.7. The molecule has 1 N–H and O–H groups in total. The lowest BCUT2D eigenvalue weighted by Crippen LogP contribution is -2.42. The van der Waals surface area contributed by atoms with Crippen LogP contribution in [-0.2, 0) is 13.0 Å². The van der Waals surface area contributed by atoms with E-state index in [2.05, 4.69) is 184 Å². The molecule has 0 amide bonds. The Hall–Kier alpha value is -4.57. The second-order valence-corrected chi connectivity index (χ2v) is 13.4. The molecule has 0 saturated heterocycles. The van der Waals surface area contributed by atoms with E-state index < -0.39 is 0 Å². The molecule has 0 fully saturated rings. The lowest BCUT2D eigenvalue weighted by atomic mass is 9.87. The van der Waals surface area contributed by atoms with Crippen LogP contribution >= 0.6 is 0 Å². The number of hydrogen-bond donors (Lipinski definition) is 1. The van der Waals surface area contributed by atoms with Gasteiger partial charge in [-0.2, -0.15) is 0 Å². The number of nitrogens with one attached hydrogen (secondary N) is 1. The molecule has 258 valence electrons. The standard InChI is InChI=1S/C47H55N3/c1-6-8-18-37-25-27-42(28-26-37)47(49-35-38-19-12-11-13-20-38)50(5)46(48-4)45-24-16-23-44(34-45)41-31-29-40(30-32-41)43(17-7-2)33-36(3)39-21-14-9-10-15-22-39/h9-14,16-17,19-22,24-34,44,46-47,49H,4,6-8,15,18,23,35H2,1-3,5H3/b36-33+,43-17+. The van der Waals surface area contributed by atoms with Gasteiger partial charge < -0.3 is 0 Å². The monoisotopic (exact) mass is 661 g/mol. The molecule has 0 heterocycles. The van der Waals surface area contributed by atoms with Crippen LogP contribution in [0, 0.1) is 0 Å². The first-order valence-corrected chi connectivity index (χ1v) is 18.4. The second-order valence-electron chi connectivity index (χ2n) is 13.4. The molecule has 3 nitrogen and oxygen atoms in total. The van der Waals surface area contributed by atoms with Crippen LogP contribution in [-0.4, -0.2) is 24.8 Å². The smallest absolute Gasteiger partial charge is 0.128 e. The van der Waals surface area contributed by atoms with Crippen LogP contribution in [0.25, 0.3) is 5.57 Å². The summed E-state index contributed by atoms with van der Waals surface area (Å²) < 4.78 is 0. The van der Waals surface area contributed by atoms with Gasteiger partial charge in [-0.1, -0.05) is 160 Å². The summed E-state index contributed by atoms with van der Waals surface area (Å²) in [5.41, 5.74) is 11.5. The summed E-state index contributed by atoms with van der Waals surface area (Å²) in [5.74, 6) is 0.278. The average molecular weight is 662 g/mol. The Kier molecular flexibility index (Phi) is 13.9. The zero-order valence-electron chi connectivity index (χ0n) is 30.6. The number of aryl methyl sites for hydroxylation is 1. The molecule has 0 spiro atoms. The molecule has 3 atom stereocenters. The van der Waals surface area contributed by atoms with Crippen molar-refractivity contribution in [1.82, 2.24) is 10.2 Å². The van der Waals surface area contributed by atoms with E-state index in [9.17, 15) is 0 Å². The van der Waals surface area contributed by atoms with Gasteiger partial charge in [0.1, 0.15) is 6.17 Å². The Bertz CT molecular complexity index is 1750. The van der Waals surface area contributed by atoms with Crippen molar-refractivity contribution in [2.45, 2.75) is 84.1 Å². The Morgan fingerprint density at radius 2 is 1.72 bits per heavy atom. The molecule has 3 unspecified atom stereocenters. The number of hydrogen-bond acceptors (Lipinski definition) is 3. The van der Waals surface area contributed by atoms with Gasteiger partial charge in [0, 0.05) is 12.5 Å². The summed E-state index contributed by atoms with van der Waals surface area (Å²) in [5, 5.41) is 3.84. The fraction of sp³-hybridized carbons (Fsp3) is 0.298. The maximum atomic E-state index is 4.72. The Morgan fingerprint density at radius 1 is 0.940 bits per heavy atom. The van der Waals surface area contributed by atoms with Crippen molar-refractivity contribution in [3.05, 3.63) is 184 Å². The van der Waals surface area contributed by atoms with Gasteiger partial charge in [0.15, 0.2) is 0 Å². The van der Waals surface area contributed by atoms with E-state index in [-0.39, 0.29) is 18.2 Å². The lowest BCUT2D eigenvalue weighted by Gasteiger charge is -2.35. The van der Waals surface area contributed by atoms with Crippen LogP contribution in [0.4, 0.5) is 0 Å². The van der Waals surface area contributed by atoms with Gasteiger partial charge in [0.05, 0.1) is 6.17 Å². The first kappa shape index (κ1) is 36.7. The molecular weight excluding hydrogens is 607 g/mol. The van der Waals surface area contributed by atoms with Crippen molar-refractivity contribution in [2.24, 2.45) is 4.99 Å². The highest BCUT2D eigenvalue weighted by atomic mass is 15.3. The fourth-order valence-corrected chi connectivity index (χ4v) is 6.87. The van der Waals surface area contributed by atoms with Gasteiger partial charge in [-0.05, 0) is 103 Å². The van der Waals surface area contributed by atoms with Gasteiger partial charge in [-0.3, -0.25) is 15.2 Å². The van der Waals surface area contributed by atoms with Crippen LogP contribution in [0.5, 0.6) is 0 Å². The van der Waals surface area contributed by atoms with Gasteiger partial charge in [0.25, 0.3) is 0 Å². The van der Waals surface area contributed by atoms with Crippen molar-refractivity contribution >= 4 is 12.3 Å². The second kappa shape index (κ2) is 19.0. The van der Waals surface area contributed by atoms with E-state index in [1.165, 1.54) is 63.0 Å². The molecule has 3 heteroatoms. The summed E-state index contributed by atoms with van der Waals surface area (Å²) in [6, 6.07) is 28.9. The van der Waals surface area contributed by atoms with E-state index in [1.807, 2.05) is 0 Å². The summed E-state index contributed by atoms with van der Waals surface area (Å²) in [6.45, 7) is 11.5. The maximum absolute atomic E-state index is 4.72. The number of nitrogens with zero attached hydrogens (tertiary/aromatic N) is 2. The third-order valence-electron chi connectivity index (χ3n) is 9.74.